The topological polar surface area (TPSA) is 143 Å². The first-order valence-electron chi connectivity index (χ1n) is 12.6. The molecule has 3 aromatic rings. The average molecular weight is 528 g/mol. The number of nitrogens with zero attached hydrogens (tertiary/aromatic N) is 5. The molecule has 1 aliphatic carbocycles. The number of methoxy groups -OCH3 is 1. The van der Waals surface area contributed by atoms with Gasteiger partial charge in [-0.15, -0.1) is 10.2 Å². The summed E-state index contributed by atoms with van der Waals surface area (Å²) in [6.45, 7) is 0. The summed E-state index contributed by atoms with van der Waals surface area (Å²) in [5.41, 5.74) is 2.51. The van der Waals surface area contributed by atoms with Crippen LogP contribution in [-0.2, 0) is 11.8 Å². The summed E-state index contributed by atoms with van der Waals surface area (Å²) in [4.78, 5) is 39.5. The Labute approximate surface area is 229 Å². The number of benzene rings is 1. The zero-order valence-corrected chi connectivity index (χ0v) is 23.2. The first-order chi connectivity index (χ1) is 18.4. The fraction of sp³-hybridized carbons (Fsp3) is 0.333. The van der Waals surface area contributed by atoms with Crippen molar-refractivity contribution in [2.75, 3.05) is 31.8 Å². The van der Waals surface area contributed by atoms with Crippen molar-refractivity contribution in [3.8, 4) is 17.0 Å². The molecule has 0 radical (unpaired) electrons. The number of aryl methyl sites for hydroxylation is 1. The Morgan fingerprint density at radius 3 is 2.44 bits per heavy atom. The first-order valence-corrected chi connectivity index (χ1v) is 12.6. The molecule has 3 N–H and O–H groups in total. The normalized spacial score (nSPS) is 12.9. The van der Waals surface area contributed by atoms with Gasteiger partial charge in [0.15, 0.2) is 17.3 Å². The number of ether oxygens (including phenoxy) is 1. The molecular formula is C24H31B3N8O4. The Kier molecular flexibility index (Phi) is 7.71. The van der Waals surface area contributed by atoms with E-state index in [1.807, 2.05) is 35.7 Å². The largest absolute Gasteiger partial charge is 0.494 e. The lowest BCUT2D eigenvalue weighted by molar-refractivity contribution is -0.117. The Morgan fingerprint density at radius 2 is 1.82 bits per heavy atom. The lowest BCUT2D eigenvalue weighted by atomic mass is 9.49. The minimum atomic E-state index is -0.507. The predicted octanol–water partition coefficient (Wildman–Crippen LogP) is -1.08. The molecule has 1 fully saturated rings. The molecule has 2 aromatic heterocycles. The zero-order valence-electron chi connectivity index (χ0n) is 23.2. The van der Waals surface area contributed by atoms with Gasteiger partial charge in [-0.25, -0.2) is 0 Å². The lowest BCUT2D eigenvalue weighted by Gasteiger charge is -2.22. The van der Waals surface area contributed by atoms with E-state index in [4.69, 9.17) is 4.74 Å². The molecule has 15 heteroatoms. The molecular weight excluding hydrogens is 497 g/mol. The van der Waals surface area contributed by atoms with E-state index >= 15 is 0 Å². The number of hydrogen-bond donors (Lipinski definition) is 3. The van der Waals surface area contributed by atoms with Crippen molar-refractivity contribution in [2.24, 2.45) is 13.0 Å². The number of amides is 3. The van der Waals surface area contributed by atoms with Gasteiger partial charge < -0.3 is 25.6 Å². The number of anilines is 3. The monoisotopic (exact) mass is 528 g/mol. The van der Waals surface area contributed by atoms with E-state index in [1.54, 1.807) is 39.3 Å². The molecule has 3 amide bonds. The van der Waals surface area contributed by atoms with Crippen LogP contribution >= 0.6 is 0 Å². The minimum absolute atomic E-state index is 0.0218. The average Bonchev–Trinajstić information content (AvgIpc) is 3.64. The summed E-state index contributed by atoms with van der Waals surface area (Å²) in [6.07, 6.45) is 1.69. The Hall–Kier alpha value is -4.29. The highest BCUT2D eigenvalue weighted by Crippen LogP contribution is 2.38. The maximum Gasteiger partial charge on any atom is 0.272 e. The molecule has 1 saturated carbocycles. The minimum Gasteiger partial charge on any atom is -0.494 e. The van der Waals surface area contributed by atoms with E-state index < -0.39 is 11.1 Å². The molecule has 12 nitrogen and oxygen atoms in total. The first kappa shape index (κ1) is 27.7. The molecule has 0 atom stereocenters. The number of para-hydroxylation sites is 1. The molecule has 0 unspecified atom stereocenters. The highest BCUT2D eigenvalue weighted by Gasteiger charge is 2.30. The molecule has 0 bridgehead atoms. The summed E-state index contributed by atoms with van der Waals surface area (Å²) in [5.74, 6) is -0.0752. The van der Waals surface area contributed by atoms with Crippen LogP contribution in [-0.4, -0.2) is 92.6 Å². The molecule has 1 aromatic carbocycles. The summed E-state index contributed by atoms with van der Waals surface area (Å²) < 4.78 is 7.28. The van der Waals surface area contributed by atoms with Gasteiger partial charge in [0.25, 0.3) is 11.8 Å². The van der Waals surface area contributed by atoms with Crippen LogP contribution < -0.4 is 20.7 Å². The third-order valence-corrected chi connectivity index (χ3v) is 5.97. The number of aromatic nitrogens is 4. The highest BCUT2D eigenvalue weighted by atomic mass is 16.5. The van der Waals surface area contributed by atoms with Gasteiger partial charge in [0.2, 0.25) is 5.91 Å². The van der Waals surface area contributed by atoms with Gasteiger partial charge in [-0.05, 0) is 36.3 Å². The summed E-state index contributed by atoms with van der Waals surface area (Å²) >= 11 is 0. The quantitative estimate of drug-likeness (QED) is 0.298. The van der Waals surface area contributed by atoms with E-state index in [1.165, 1.54) is 16.7 Å². The van der Waals surface area contributed by atoms with Gasteiger partial charge in [0.05, 0.1) is 24.2 Å². The third-order valence-electron chi connectivity index (χ3n) is 5.97. The van der Waals surface area contributed by atoms with E-state index in [9.17, 15) is 14.4 Å². The molecule has 0 aliphatic heterocycles. The van der Waals surface area contributed by atoms with Gasteiger partial charge in [0.1, 0.15) is 29.2 Å². The molecule has 1 aliphatic rings. The van der Waals surface area contributed by atoms with Gasteiger partial charge in [-0.2, -0.15) is 5.10 Å². The molecule has 39 heavy (non-hydrogen) atoms. The highest BCUT2D eigenvalue weighted by molar-refractivity contribution is 6.60. The van der Waals surface area contributed by atoms with Crippen molar-refractivity contribution in [2.45, 2.75) is 18.1 Å². The van der Waals surface area contributed by atoms with Gasteiger partial charge in [-0.3, -0.25) is 19.1 Å². The zero-order chi connectivity index (χ0) is 28.5. The molecule has 200 valence electrons. The third kappa shape index (κ3) is 6.41. The standard InChI is InChI=1S/C24H31B3N8O4/c1-34(2)23(38)17-10-15(33-35(17)3)13-6-5-7-14(20(13)39-4)28-16-11-18(29-21(36)12-8-9-12)31-32-19(16)22(37)30-24(25,26)27/h5-7,10-12H,8-9,25-27H2,1-4H3,(H,30,37)(H2,28,29,31,36). The van der Waals surface area contributed by atoms with Crippen LogP contribution in [0.15, 0.2) is 30.3 Å². The van der Waals surface area contributed by atoms with Gasteiger partial charge in [0, 0.05) is 38.7 Å². The van der Waals surface area contributed by atoms with Crippen molar-refractivity contribution >= 4 is 58.5 Å². The van der Waals surface area contributed by atoms with Crippen LogP contribution in [0.3, 0.4) is 0 Å². The fourth-order valence-electron chi connectivity index (χ4n) is 3.92. The van der Waals surface area contributed by atoms with Crippen LogP contribution in [0, 0.1) is 5.92 Å². The lowest BCUT2D eigenvalue weighted by Crippen LogP contribution is -2.50. The predicted molar refractivity (Wildman–Crippen MR) is 156 cm³/mol. The smallest absolute Gasteiger partial charge is 0.272 e. The Morgan fingerprint density at radius 1 is 1.10 bits per heavy atom. The molecule has 0 spiro atoms. The fourth-order valence-corrected chi connectivity index (χ4v) is 3.92. The van der Waals surface area contributed by atoms with Crippen molar-refractivity contribution in [1.82, 2.24) is 30.2 Å². The number of carbonyl (C=O) groups excluding carboxylic acids is 3. The number of rotatable bonds is 9. The maximum absolute atomic E-state index is 13.1. The van der Waals surface area contributed by atoms with Gasteiger partial charge in [-0.1, -0.05) is 6.07 Å². The van der Waals surface area contributed by atoms with Crippen molar-refractivity contribution in [3.05, 3.63) is 41.7 Å². The molecule has 4 rings (SSSR count). The van der Waals surface area contributed by atoms with Crippen LogP contribution in [0.1, 0.15) is 33.8 Å². The van der Waals surface area contributed by atoms with E-state index in [0.717, 1.165) is 12.8 Å². The van der Waals surface area contributed by atoms with Crippen LogP contribution in [0.5, 0.6) is 5.75 Å². The van der Waals surface area contributed by atoms with Crippen LogP contribution in [0.4, 0.5) is 17.2 Å². The van der Waals surface area contributed by atoms with Crippen molar-refractivity contribution < 1.29 is 19.1 Å². The second-order valence-electron chi connectivity index (χ2n) is 10.7. The molecule has 0 saturated heterocycles. The van der Waals surface area contributed by atoms with Crippen molar-refractivity contribution in [1.29, 1.82) is 0 Å². The Bertz CT molecular complexity index is 1430. The SMILES string of the molecule is BC(B)(B)NC(=O)c1nnc(NC(=O)C2CC2)cc1Nc1cccc(-c2cc(C(=O)N(C)C)n(C)n2)c1OC. The maximum atomic E-state index is 13.1. The van der Waals surface area contributed by atoms with Gasteiger partial charge >= 0.3 is 0 Å². The second-order valence-corrected chi connectivity index (χ2v) is 10.7. The van der Waals surface area contributed by atoms with Crippen molar-refractivity contribution in [3.63, 3.8) is 0 Å². The summed E-state index contributed by atoms with van der Waals surface area (Å²) in [7, 11) is 12.2. The summed E-state index contributed by atoms with van der Waals surface area (Å²) in [5, 5.41) is 21.1. The summed E-state index contributed by atoms with van der Waals surface area (Å²) in [6, 6.07) is 8.69. The number of hydrogen-bond acceptors (Lipinski definition) is 8. The van der Waals surface area contributed by atoms with E-state index in [-0.39, 0.29) is 29.2 Å². The number of nitrogens with one attached hydrogen (secondary N) is 3. The van der Waals surface area contributed by atoms with E-state index in [0.29, 0.717) is 34.1 Å². The van der Waals surface area contributed by atoms with Crippen LogP contribution in [0.2, 0.25) is 0 Å². The van der Waals surface area contributed by atoms with E-state index in [2.05, 4.69) is 31.2 Å². The molecule has 2 heterocycles. The second kappa shape index (κ2) is 10.8. The van der Waals surface area contributed by atoms with Crippen LogP contribution in [0.25, 0.3) is 11.3 Å². The number of carbonyl (C=O) groups is 3. The Balaban J connectivity index is 1.74.